The molecule has 0 N–H and O–H groups in total. The highest BCUT2D eigenvalue weighted by molar-refractivity contribution is 5.87. The van der Waals surface area contributed by atoms with Gasteiger partial charge in [-0.3, -0.25) is 0 Å². The SMILES string of the molecule is CCOC(=O)c1cccn1Cc1nonc1C. The highest BCUT2D eigenvalue weighted by atomic mass is 16.6. The van der Waals surface area contributed by atoms with Crippen molar-refractivity contribution in [1.82, 2.24) is 14.9 Å². The number of aromatic nitrogens is 3. The number of hydrogen-bond donors (Lipinski definition) is 0. The van der Waals surface area contributed by atoms with Gasteiger partial charge in [-0.2, -0.15) is 0 Å². The molecular weight excluding hydrogens is 222 g/mol. The molecule has 2 heterocycles. The first-order chi connectivity index (χ1) is 8.22. The first-order valence-corrected chi connectivity index (χ1v) is 5.32. The summed E-state index contributed by atoms with van der Waals surface area (Å²) in [5.41, 5.74) is 1.91. The Balaban J connectivity index is 2.20. The maximum absolute atomic E-state index is 11.6. The summed E-state index contributed by atoms with van der Waals surface area (Å²) >= 11 is 0. The van der Waals surface area contributed by atoms with E-state index in [9.17, 15) is 4.79 Å². The van der Waals surface area contributed by atoms with Gasteiger partial charge in [0.25, 0.3) is 0 Å². The van der Waals surface area contributed by atoms with Crippen molar-refractivity contribution in [3.05, 3.63) is 35.4 Å². The summed E-state index contributed by atoms with van der Waals surface area (Å²) in [6.07, 6.45) is 1.79. The van der Waals surface area contributed by atoms with Crippen LogP contribution in [0.15, 0.2) is 23.0 Å². The minimum absolute atomic E-state index is 0.341. The molecule has 0 unspecified atom stereocenters. The fourth-order valence-electron chi connectivity index (χ4n) is 1.50. The quantitative estimate of drug-likeness (QED) is 0.749. The highest BCUT2D eigenvalue weighted by Crippen LogP contribution is 2.09. The maximum Gasteiger partial charge on any atom is 0.354 e. The maximum atomic E-state index is 11.6. The van der Waals surface area contributed by atoms with Crippen molar-refractivity contribution in [1.29, 1.82) is 0 Å². The minimum Gasteiger partial charge on any atom is -0.461 e. The molecule has 0 radical (unpaired) electrons. The lowest BCUT2D eigenvalue weighted by molar-refractivity contribution is 0.0514. The molecule has 0 amide bonds. The second kappa shape index (κ2) is 4.82. The number of nitrogens with zero attached hydrogens (tertiary/aromatic N) is 3. The summed E-state index contributed by atoms with van der Waals surface area (Å²) in [4.78, 5) is 11.6. The summed E-state index contributed by atoms with van der Waals surface area (Å²) in [5, 5.41) is 7.47. The van der Waals surface area contributed by atoms with Crippen LogP contribution in [-0.4, -0.2) is 27.5 Å². The van der Waals surface area contributed by atoms with Gasteiger partial charge in [0, 0.05) is 6.20 Å². The molecule has 17 heavy (non-hydrogen) atoms. The molecule has 0 fully saturated rings. The summed E-state index contributed by atoms with van der Waals surface area (Å²) in [7, 11) is 0. The average molecular weight is 235 g/mol. The number of aryl methyl sites for hydroxylation is 1. The van der Waals surface area contributed by atoms with Crippen LogP contribution in [0.2, 0.25) is 0 Å². The number of ether oxygens (including phenoxy) is 1. The van der Waals surface area contributed by atoms with E-state index in [1.54, 1.807) is 36.7 Å². The summed E-state index contributed by atoms with van der Waals surface area (Å²) in [5.74, 6) is -0.341. The highest BCUT2D eigenvalue weighted by Gasteiger charge is 2.14. The van der Waals surface area contributed by atoms with Gasteiger partial charge in [0.1, 0.15) is 17.1 Å². The van der Waals surface area contributed by atoms with E-state index in [0.717, 1.165) is 0 Å². The predicted octanol–water partition coefficient (Wildman–Crippen LogP) is 1.40. The Hall–Kier alpha value is -2.11. The van der Waals surface area contributed by atoms with Crippen LogP contribution in [0.5, 0.6) is 0 Å². The molecule has 2 aromatic heterocycles. The first kappa shape index (κ1) is 11.4. The van der Waals surface area contributed by atoms with E-state index in [2.05, 4.69) is 14.9 Å². The lowest BCUT2D eigenvalue weighted by atomic mass is 10.3. The van der Waals surface area contributed by atoms with Crippen LogP contribution in [0.25, 0.3) is 0 Å². The lowest BCUT2D eigenvalue weighted by Gasteiger charge is -2.06. The van der Waals surface area contributed by atoms with Gasteiger partial charge in [0.05, 0.1) is 13.2 Å². The molecule has 0 saturated heterocycles. The van der Waals surface area contributed by atoms with E-state index in [-0.39, 0.29) is 5.97 Å². The van der Waals surface area contributed by atoms with Crippen molar-refractivity contribution in [3.63, 3.8) is 0 Å². The van der Waals surface area contributed by atoms with Crippen molar-refractivity contribution >= 4 is 5.97 Å². The Morgan fingerprint density at radius 2 is 2.35 bits per heavy atom. The van der Waals surface area contributed by atoms with E-state index in [1.165, 1.54) is 0 Å². The molecule has 90 valence electrons. The second-order valence-electron chi connectivity index (χ2n) is 3.54. The van der Waals surface area contributed by atoms with Gasteiger partial charge < -0.3 is 9.30 Å². The summed E-state index contributed by atoms with van der Waals surface area (Å²) < 4.78 is 11.3. The van der Waals surface area contributed by atoms with Crippen LogP contribution in [0.1, 0.15) is 28.8 Å². The van der Waals surface area contributed by atoms with Gasteiger partial charge in [-0.05, 0) is 26.0 Å². The smallest absolute Gasteiger partial charge is 0.354 e. The zero-order valence-corrected chi connectivity index (χ0v) is 9.71. The number of rotatable bonds is 4. The molecule has 0 bridgehead atoms. The van der Waals surface area contributed by atoms with Gasteiger partial charge in [0.15, 0.2) is 0 Å². The number of carbonyl (C=O) groups excluding carboxylic acids is 1. The van der Waals surface area contributed by atoms with Gasteiger partial charge in [-0.1, -0.05) is 10.3 Å². The molecule has 0 atom stereocenters. The Labute approximate surface area is 98.1 Å². The van der Waals surface area contributed by atoms with Crippen LogP contribution >= 0.6 is 0 Å². The van der Waals surface area contributed by atoms with Crippen molar-refractivity contribution in [2.24, 2.45) is 0 Å². The molecule has 0 spiro atoms. The van der Waals surface area contributed by atoms with Crippen LogP contribution in [0, 0.1) is 6.92 Å². The molecule has 6 heteroatoms. The lowest BCUT2D eigenvalue weighted by Crippen LogP contribution is -2.12. The Morgan fingerprint density at radius 1 is 1.53 bits per heavy atom. The number of hydrogen-bond acceptors (Lipinski definition) is 5. The minimum atomic E-state index is -0.341. The largest absolute Gasteiger partial charge is 0.461 e. The molecule has 0 aromatic carbocycles. The van der Waals surface area contributed by atoms with Gasteiger partial charge in [0.2, 0.25) is 0 Å². The summed E-state index contributed by atoms with van der Waals surface area (Å²) in [6.45, 7) is 4.38. The zero-order valence-electron chi connectivity index (χ0n) is 9.71. The zero-order chi connectivity index (χ0) is 12.3. The van der Waals surface area contributed by atoms with E-state index >= 15 is 0 Å². The standard InChI is InChI=1S/C11H13N3O3/c1-3-16-11(15)10-5-4-6-14(10)7-9-8(2)12-17-13-9/h4-6H,3,7H2,1-2H3. The van der Waals surface area contributed by atoms with E-state index < -0.39 is 0 Å². The van der Waals surface area contributed by atoms with Crippen molar-refractivity contribution in [2.75, 3.05) is 6.61 Å². The van der Waals surface area contributed by atoms with Crippen LogP contribution in [0.3, 0.4) is 0 Å². The van der Waals surface area contributed by atoms with Crippen LogP contribution in [-0.2, 0) is 11.3 Å². The molecule has 0 saturated carbocycles. The third-order valence-corrected chi connectivity index (χ3v) is 2.38. The second-order valence-corrected chi connectivity index (χ2v) is 3.54. The van der Waals surface area contributed by atoms with Crippen LogP contribution in [0.4, 0.5) is 0 Å². The van der Waals surface area contributed by atoms with E-state index in [0.29, 0.717) is 30.2 Å². The number of esters is 1. The topological polar surface area (TPSA) is 70.2 Å². The molecule has 6 nitrogen and oxygen atoms in total. The molecule has 0 aliphatic carbocycles. The Kier molecular flexibility index (Phi) is 3.22. The van der Waals surface area contributed by atoms with Crippen LogP contribution < -0.4 is 0 Å². The summed E-state index contributed by atoms with van der Waals surface area (Å²) in [6, 6.07) is 3.50. The molecule has 0 aliphatic rings. The fourth-order valence-corrected chi connectivity index (χ4v) is 1.50. The predicted molar refractivity (Wildman–Crippen MR) is 58.5 cm³/mol. The van der Waals surface area contributed by atoms with Crippen molar-refractivity contribution < 1.29 is 14.2 Å². The molecule has 2 rings (SSSR count). The molecule has 0 aliphatic heterocycles. The molecular formula is C11H13N3O3. The van der Waals surface area contributed by atoms with Gasteiger partial charge in [-0.15, -0.1) is 0 Å². The monoisotopic (exact) mass is 235 g/mol. The van der Waals surface area contributed by atoms with Crippen molar-refractivity contribution in [3.8, 4) is 0 Å². The van der Waals surface area contributed by atoms with Crippen molar-refractivity contribution in [2.45, 2.75) is 20.4 Å². The Bertz CT molecular complexity index is 516. The normalized spacial score (nSPS) is 10.5. The number of carbonyl (C=O) groups is 1. The average Bonchev–Trinajstić information content (AvgIpc) is 2.90. The fraction of sp³-hybridized carbons (Fsp3) is 0.364. The Morgan fingerprint density at radius 3 is 3.00 bits per heavy atom. The van der Waals surface area contributed by atoms with E-state index in [1.807, 2.05) is 0 Å². The third-order valence-electron chi connectivity index (χ3n) is 2.38. The van der Waals surface area contributed by atoms with Gasteiger partial charge in [-0.25, -0.2) is 9.42 Å². The van der Waals surface area contributed by atoms with E-state index in [4.69, 9.17) is 4.74 Å². The molecule has 2 aromatic rings. The third kappa shape index (κ3) is 2.35. The van der Waals surface area contributed by atoms with Gasteiger partial charge >= 0.3 is 5.97 Å². The first-order valence-electron chi connectivity index (χ1n) is 5.32.